The second kappa shape index (κ2) is 19.9. The van der Waals surface area contributed by atoms with Crippen molar-refractivity contribution in [2.45, 2.75) is 49.4 Å². The maximum atomic E-state index is 14.2. The Labute approximate surface area is 398 Å². The van der Waals surface area contributed by atoms with E-state index in [0.29, 0.717) is 0 Å². The van der Waals surface area contributed by atoms with Gasteiger partial charge >= 0.3 is 49.4 Å². The molecule has 6 rings (SSSR count). The van der Waals surface area contributed by atoms with Gasteiger partial charge in [-0.1, -0.05) is 91.0 Å². The Balaban J connectivity index is 0.000000520. The van der Waals surface area contributed by atoms with Gasteiger partial charge in [-0.15, -0.1) is 0 Å². The minimum absolute atomic E-state index is 0.0176. The van der Waals surface area contributed by atoms with Crippen molar-refractivity contribution in [2.75, 3.05) is 12.5 Å². The third-order valence-corrected chi connectivity index (χ3v) is 11.2. The molecule has 0 saturated carbocycles. The Kier molecular flexibility index (Phi) is 15.8. The fourth-order valence-electron chi connectivity index (χ4n) is 7.60. The highest BCUT2D eigenvalue weighted by Gasteiger charge is 2.47. The first-order valence-corrected chi connectivity index (χ1v) is 21.8. The summed E-state index contributed by atoms with van der Waals surface area (Å²) in [5.74, 6) is 0.938. The zero-order valence-corrected chi connectivity index (χ0v) is 36.9. The Morgan fingerprint density at radius 2 is 0.493 bits per heavy atom. The van der Waals surface area contributed by atoms with E-state index in [0.717, 1.165) is 5.75 Å². The van der Waals surface area contributed by atoms with Crippen LogP contribution in [0.15, 0.2) is 127 Å². The second-order valence-corrected chi connectivity index (χ2v) is 17.6. The van der Waals surface area contributed by atoms with Gasteiger partial charge in [-0.3, -0.25) is 4.18 Å². The Morgan fingerprint density at radius 1 is 0.288 bits per heavy atom. The van der Waals surface area contributed by atoms with Crippen molar-refractivity contribution in [3.8, 4) is 16.9 Å². The average Bonchev–Trinajstić information content (AvgIpc) is 3.24. The Morgan fingerprint density at radius 3 is 0.685 bits per heavy atom. The van der Waals surface area contributed by atoms with Gasteiger partial charge in [-0.2, -0.15) is 127 Å². The molecular weight excluding hydrogens is 1070 g/mol. The smallest absolute Gasteiger partial charge is 0.287 e. The lowest BCUT2D eigenvalue weighted by molar-refractivity contribution is -0.144. The van der Waals surface area contributed by atoms with Crippen LogP contribution in [0.1, 0.15) is 44.5 Å². The van der Waals surface area contributed by atoms with Gasteiger partial charge in [0.05, 0.1) is 44.5 Å². The van der Waals surface area contributed by atoms with Gasteiger partial charge in [-0.05, 0) is 47.5 Å². The number of hydrogen-bond donors (Lipinski definition) is 0. The summed E-state index contributed by atoms with van der Waals surface area (Å²) in [6.07, 6.45) is -50.7. The molecular formula is C46H27BF24OS. The van der Waals surface area contributed by atoms with Crippen molar-refractivity contribution in [1.82, 2.24) is 0 Å². The summed E-state index contributed by atoms with van der Waals surface area (Å²) < 4.78 is 346. The molecule has 0 spiro atoms. The molecule has 0 aliphatic heterocycles. The van der Waals surface area contributed by atoms with Crippen LogP contribution in [0.25, 0.3) is 11.1 Å². The van der Waals surface area contributed by atoms with Gasteiger partial charge in [0, 0.05) is 0 Å². The molecule has 0 atom stereocenters. The summed E-state index contributed by atoms with van der Waals surface area (Å²) in [5.41, 5.74) is -27.7. The van der Waals surface area contributed by atoms with Crippen LogP contribution in [0.4, 0.5) is 105 Å². The molecule has 0 aromatic heterocycles. The summed E-state index contributed by atoms with van der Waals surface area (Å²) in [4.78, 5) is 0. The zero-order chi connectivity index (χ0) is 55.3. The van der Waals surface area contributed by atoms with Gasteiger partial charge in [-0.25, -0.2) is 0 Å². The first-order chi connectivity index (χ1) is 33.0. The van der Waals surface area contributed by atoms with E-state index in [4.69, 9.17) is 4.18 Å². The Bertz CT molecular complexity index is 2450. The SMILES string of the molecule is C[S+](C)Oc1ccc(-c2ccccc2)cc1.FC(F)(F)c1cc([B-](c2cc(C(F)(F)F)cc(C(F)(F)F)c2)(c2cc(C(F)(F)F)cc(C(F)(F)F)c2)c2cc(C(F)(F)F)cc(C(F)(F)F)c2)cc(C(F)(F)F)c1. The fourth-order valence-corrected chi connectivity index (χ4v) is 8.09. The molecule has 27 heteroatoms. The van der Waals surface area contributed by atoms with E-state index in [2.05, 4.69) is 48.9 Å². The highest BCUT2D eigenvalue weighted by Crippen LogP contribution is 2.41. The van der Waals surface area contributed by atoms with E-state index in [1.165, 1.54) is 11.1 Å². The van der Waals surface area contributed by atoms with Crippen LogP contribution in [0.3, 0.4) is 0 Å². The normalized spacial score (nSPS) is 13.5. The predicted molar refractivity (Wildman–Crippen MR) is 222 cm³/mol. The topological polar surface area (TPSA) is 9.23 Å². The maximum absolute atomic E-state index is 14.2. The van der Waals surface area contributed by atoms with Crippen LogP contribution in [0.2, 0.25) is 0 Å². The average molecular weight is 1090 g/mol. The van der Waals surface area contributed by atoms with Crippen LogP contribution >= 0.6 is 0 Å². The molecule has 0 radical (unpaired) electrons. The van der Waals surface area contributed by atoms with Crippen LogP contribution in [0, 0.1) is 0 Å². The van der Waals surface area contributed by atoms with Gasteiger partial charge < -0.3 is 0 Å². The molecule has 0 heterocycles. The number of rotatable bonds is 7. The van der Waals surface area contributed by atoms with Crippen LogP contribution < -0.4 is 26.0 Å². The van der Waals surface area contributed by atoms with E-state index in [9.17, 15) is 105 Å². The first kappa shape index (κ1) is 57.8. The molecule has 1 nitrogen and oxygen atoms in total. The molecule has 0 amide bonds. The van der Waals surface area contributed by atoms with E-state index in [1.54, 1.807) is 0 Å². The molecule has 73 heavy (non-hydrogen) atoms. The minimum atomic E-state index is -6.13. The summed E-state index contributed by atoms with van der Waals surface area (Å²) in [5, 5.41) is 0. The molecule has 394 valence electrons. The van der Waals surface area contributed by atoms with Gasteiger partial charge in [0.2, 0.25) is 0 Å². The number of hydrogen-bond acceptors (Lipinski definition) is 1. The number of alkyl halides is 24. The van der Waals surface area contributed by atoms with Gasteiger partial charge in [0.1, 0.15) is 18.7 Å². The lowest BCUT2D eigenvalue weighted by Gasteiger charge is -2.46. The van der Waals surface area contributed by atoms with Gasteiger partial charge in [0.15, 0.2) is 16.9 Å². The molecule has 0 aliphatic rings. The summed E-state index contributed by atoms with van der Waals surface area (Å²) >= 11 is -0.0176. The first-order valence-electron chi connectivity index (χ1n) is 19.8. The molecule has 6 aromatic rings. The molecule has 6 aromatic carbocycles. The molecule has 0 saturated heterocycles. The molecule has 0 N–H and O–H groups in total. The van der Waals surface area contributed by atoms with E-state index < -0.39 is 195 Å². The zero-order valence-electron chi connectivity index (χ0n) is 36.1. The highest BCUT2D eigenvalue weighted by atomic mass is 32.2. The molecule has 0 bridgehead atoms. The Hall–Kier alpha value is -6.15. The lowest BCUT2D eigenvalue weighted by Crippen LogP contribution is -2.75. The fraction of sp³-hybridized carbons (Fsp3) is 0.217. The summed E-state index contributed by atoms with van der Waals surface area (Å²) in [6, 6.07) is 9.78. The largest absolute Gasteiger partial charge is 0.416 e. The van der Waals surface area contributed by atoms with Crippen molar-refractivity contribution in [3.05, 3.63) is 172 Å². The number of benzene rings is 6. The van der Waals surface area contributed by atoms with Crippen molar-refractivity contribution in [2.24, 2.45) is 0 Å². The summed E-state index contributed by atoms with van der Waals surface area (Å²) in [6.45, 7) is 0. The maximum Gasteiger partial charge on any atom is 0.416 e. The highest BCUT2D eigenvalue weighted by molar-refractivity contribution is 7.91. The van der Waals surface area contributed by atoms with Crippen molar-refractivity contribution < 1.29 is 110 Å². The second-order valence-electron chi connectivity index (χ2n) is 15.9. The van der Waals surface area contributed by atoms with E-state index in [1.807, 2.05) is 18.2 Å². The molecule has 0 fully saturated rings. The number of halogens is 24. The van der Waals surface area contributed by atoms with Crippen molar-refractivity contribution >= 4 is 39.2 Å². The van der Waals surface area contributed by atoms with E-state index >= 15 is 0 Å². The molecule has 0 unspecified atom stereocenters. The van der Waals surface area contributed by atoms with Crippen LogP contribution in [-0.4, -0.2) is 18.7 Å². The van der Waals surface area contributed by atoms with Gasteiger partial charge in [0.25, 0.3) is 0 Å². The predicted octanol–water partition coefficient (Wildman–Crippen LogP) is 14.7. The lowest BCUT2D eigenvalue weighted by atomic mass is 9.12. The molecule has 0 aliphatic carbocycles. The van der Waals surface area contributed by atoms with Crippen molar-refractivity contribution in [3.63, 3.8) is 0 Å². The minimum Gasteiger partial charge on any atom is -0.287 e. The summed E-state index contributed by atoms with van der Waals surface area (Å²) in [7, 11) is 0. The quantitative estimate of drug-likeness (QED) is 0.0879. The van der Waals surface area contributed by atoms with Crippen LogP contribution in [0.5, 0.6) is 5.75 Å². The van der Waals surface area contributed by atoms with Crippen molar-refractivity contribution in [1.29, 1.82) is 0 Å². The van der Waals surface area contributed by atoms with E-state index in [-0.39, 0.29) is 11.2 Å². The standard InChI is InChI=1S/C32H12BF24.C14H15OS/c34-25(35,36)13-1-14(26(37,38)39)6-21(5-13)33(22-7-15(27(40,41)42)2-16(8-22)28(43,44)45,23-9-17(29(46,47)48)3-18(10-23)30(49,50)51)24-11-19(31(52,53)54)4-20(12-24)32(55,56)57;1-16(2)15-14-10-8-13(9-11-14)12-6-4-3-5-7-12/h1-12H;3-11H,1-2H3/q-1;+1. The third kappa shape index (κ3) is 13.7. The monoisotopic (exact) mass is 1090 g/mol. The van der Waals surface area contributed by atoms with Crippen LogP contribution in [-0.2, 0) is 60.6 Å². The third-order valence-electron chi connectivity index (χ3n) is 10.7.